The highest BCUT2D eigenvalue weighted by Crippen LogP contribution is 2.33. The summed E-state index contributed by atoms with van der Waals surface area (Å²) in [5.74, 6) is 0.744. The number of amides is 2. The van der Waals surface area contributed by atoms with Crippen LogP contribution in [0.4, 0.5) is 4.79 Å². The van der Waals surface area contributed by atoms with Gasteiger partial charge < -0.3 is 15.1 Å². The lowest BCUT2D eigenvalue weighted by Crippen LogP contribution is -2.35. The summed E-state index contributed by atoms with van der Waals surface area (Å²) in [6, 6.07) is 0.680. The van der Waals surface area contributed by atoms with Crippen LogP contribution in [0, 0.1) is 5.92 Å². The molecule has 1 aliphatic heterocycles. The van der Waals surface area contributed by atoms with Crippen molar-refractivity contribution >= 4 is 6.03 Å². The zero-order valence-electron chi connectivity index (χ0n) is 10.4. The third-order valence-electron chi connectivity index (χ3n) is 4.05. The first kappa shape index (κ1) is 11.7. The van der Waals surface area contributed by atoms with Crippen molar-refractivity contribution in [3.8, 4) is 0 Å². The standard InChI is InChI=1S/C12H23N3O/c1-13-7-8-15-9-11(14(2)12(15)16)10-5-3-4-6-10/h10-11,13H,3-9H2,1-2H3. The van der Waals surface area contributed by atoms with Crippen LogP contribution in [-0.2, 0) is 0 Å². The van der Waals surface area contributed by atoms with Crippen molar-refractivity contribution in [1.82, 2.24) is 15.1 Å². The van der Waals surface area contributed by atoms with Crippen molar-refractivity contribution in [3.05, 3.63) is 0 Å². The van der Waals surface area contributed by atoms with Gasteiger partial charge in [-0.15, -0.1) is 0 Å². The second kappa shape index (κ2) is 5.04. The van der Waals surface area contributed by atoms with Crippen molar-refractivity contribution in [1.29, 1.82) is 0 Å². The van der Waals surface area contributed by atoms with Gasteiger partial charge in [-0.05, 0) is 25.8 Å². The van der Waals surface area contributed by atoms with Gasteiger partial charge in [0.15, 0.2) is 0 Å². The molecule has 1 unspecified atom stereocenters. The molecule has 1 heterocycles. The van der Waals surface area contributed by atoms with E-state index in [1.54, 1.807) is 0 Å². The molecule has 4 nitrogen and oxygen atoms in total. The van der Waals surface area contributed by atoms with E-state index in [9.17, 15) is 4.79 Å². The highest BCUT2D eigenvalue weighted by Gasteiger charge is 2.39. The lowest BCUT2D eigenvalue weighted by atomic mass is 9.98. The maximum Gasteiger partial charge on any atom is 0.320 e. The van der Waals surface area contributed by atoms with E-state index in [-0.39, 0.29) is 6.03 Å². The molecule has 0 aromatic heterocycles. The van der Waals surface area contributed by atoms with Crippen LogP contribution in [0.25, 0.3) is 0 Å². The van der Waals surface area contributed by atoms with Gasteiger partial charge in [0.2, 0.25) is 0 Å². The zero-order chi connectivity index (χ0) is 11.5. The van der Waals surface area contributed by atoms with Gasteiger partial charge in [-0.1, -0.05) is 12.8 Å². The summed E-state index contributed by atoms with van der Waals surface area (Å²) < 4.78 is 0. The molecule has 1 aliphatic carbocycles. The second-order valence-corrected chi connectivity index (χ2v) is 5.05. The SMILES string of the molecule is CNCCN1CC(C2CCCC2)N(C)C1=O. The number of nitrogens with zero attached hydrogens (tertiary/aromatic N) is 2. The quantitative estimate of drug-likeness (QED) is 0.778. The molecule has 1 N–H and O–H groups in total. The molecule has 1 saturated heterocycles. The van der Waals surface area contributed by atoms with E-state index < -0.39 is 0 Å². The summed E-state index contributed by atoms with van der Waals surface area (Å²) in [6.45, 7) is 2.65. The molecule has 1 saturated carbocycles. The maximum atomic E-state index is 12.0. The molecule has 2 rings (SSSR count). The average molecular weight is 225 g/mol. The van der Waals surface area contributed by atoms with Crippen molar-refractivity contribution < 1.29 is 4.79 Å². The summed E-state index contributed by atoms with van der Waals surface area (Å²) in [6.07, 6.45) is 5.31. The minimum atomic E-state index is 0.215. The minimum absolute atomic E-state index is 0.215. The summed E-state index contributed by atoms with van der Waals surface area (Å²) in [5, 5.41) is 3.10. The van der Waals surface area contributed by atoms with Crippen LogP contribution < -0.4 is 5.32 Å². The zero-order valence-corrected chi connectivity index (χ0v) is 10.4. The monoisotopic (exact) mass is 225 g/mol. The van der Waals surface area contributed by atoms with Crippen LogP contribution >= 0.6 is 0 Å². The van der Waals surface area contributed by atoms with Crippen LogP contribution in [0.1, 0.15) is 25.7 Å². The molecule has 2 aliphatic rings. The normalized spacial score (nSPS) is 27.1. The molecule has 92 valence electrons. The summed E-state index contributed by atoms with van der Waals surface area (Å²) in [4.78, 5) is 16.0. The molecule has 16 heavy (non-hydrogen) atoms. The predicted octanol–water partition coefficient (Wildman–Crippen LogP) is 1.13. The van der Waals surface area contributed by atoms with Gasteiger partial charge in [-0.25, -0.2) is 4.79 Å². The Morgan fingerprint density at radius 3 is 2.69 bits per heavy atom. The van der Waals surface area contributed by atoms with Gasteiger partial charge in [-0.2, -0.15) is 0 Å². The first-order valence-corrected chi connectivity index (χ1v) is 6.40. The minimum Gasteiger partial charge on any atom is -0.323 e. The van der Waals surface area contributed by atoms with Gasteiger partial charge in [0.25, 0.3) is 0 Å². The smallest absolute Gasteiger partial charge is 0.320 e. The molecule has 0 aromatic rings. The Hall–Kier alpha value is -0.770. The Morgan fingerprint density at radius 1 is 1.38 bits per heavy atom. The van der Waals surface area contributed by atoms with E-state index in [1.165, 1.54) is 25.7 Å². The lowest BCUT2D eigenvalue weighted by molar-refractivity contribution is 0.190. The molecule has 2 fully saturated rings. The third kappa shape index (κ3) is 2.17. The van der Waals surface area contributed by atoms with E-state index >= 15 is 0 Å². The summed E-state index contributed by atoms with van der Waals surface area (Å²) in [7, 11) is 3.89. The molecule has 4 heteroatoms. The lowest BCUT2D eigenvalue weighted by Gasteiger charge is -2.23. The second-order valence-electron chi connectivity index (χ2n) is 5.05. The maximum absolute atomic E-state index is 12.0. The topological polar surface area (TPSA) is 35.6 Å². The average Bonchev–Trinajstić information content (AvgIpc) is 2.88. The third-order valence-corrected chi connectivity index (χ3v) is 4.05. The molecule has 2 amide bonds. The fraction of sp³-hybridized carbons (Fsp3) is 0.917. The number of likely N-dealkylation sites (N-methyl/N-ethyl adjacent to an activating group) is 2. The number of carbonyl (C=O) groups excluding carboxylic acids is 1. The first-order valence-electron chi connectivity index (χ1n) is 6.40. The van der Waals surface area contributed by atoms with Gasteiger partial charge in [-0.3, -0.25) is 0 Å². The van der Waals surface area contributed by atoms with Crippen molar-refractivity contribution in [2.45, 2.75) is 31.7 Å². The molecule has 0 radical (unpaired) electrons. The van der Waals surface area contributed by atoms with E-state index in [0.717, 1.165) is 25.6 Å². The fourth-order valence-electron chi connectivity index (χ4n) is 3.03. The highest BCUT2D eigenvalue weighted by molar-refractivity contribution is 5.77. The van der Waals surface area contributed by atoms with E-state index in [1.807, 2.05) is 23.9 Å². The molecule has 0 aromatic carbocycles. The highest BCUT2D eigenvalue weighted by atomic mass is 16.2. The van der Waals surface area contributed by atoms with Gasteiger partial charge in [0, 0.05) is 26.7 Å². The van der Waals surface area contributed by atoms with Crippen LogP contribution in [0.3, 0.4) is 0 Å². The predicted molar refractivity (Wildman–Crippen MR) is 64.4 cm³/mol. The van der Waals surface area contributed by atoms with Crippen LogP contribution in [0.2, 0.25) is 0 Å². The Kier molecular flexibility index (Phi) is 3.69. The number of urea groups is 1. The number of hydrogen-bond acceptors (Lipinski definition) is 2. The first-order chi connectivity index (χ1) is 7.74. The number of carbonyl (C=O) groups is 1. The van der Waals surface area contributed by atoms with Crippen molar-refractivity contribution in [3.63, 3.8) is 0 Å². The van der Waals surface area contributed by atoms with Crippen molar-refractivity contribution in [2.24, 2.45) is 5.92 Å². The van der Waals surface area contributed by atoms with Crippen LogP contribution in [0.5, 0.6) is 0 Å². The molecular weight excluding hydrogens is 202 g/mol. The summed E-state index contributed by atoms with van der Waals surface area (Å²) >= 11 is 0. The van der Waals surface area contributed by atoms with Crippen LogP contribution in [-0.4, -0.2) is 55.6 Å². The van der Waals surface area contributed by atoms with E-state index in [4.69, 9.17) is 0 Å². The van der Waals surface area contributed by atoms with Gasteiger partial charge >= 0.3 is 6.03 Å². The molecular formula is C12H23N3O. The van der Waals surface area contributed by atoms with Crippen LogP contribution in [0.15, 0.2) is 0 Å². The van der Waals surface area contributed by atoms with Crippen molar-refractivity contribution in [2.75, 3.05) is 33.7 Å². The largest absolute Gasteiger partial charge is 0.323 e. The molecule has 0 spiro atoms. The van der Waals surface area contributed by atoms with E-state index in [0.29, 0.717) is 6.04 Å². The molecule has 1 atom stereocenters. The van der Waals surface area contributed by atoms with Gasteiger partial charge in [0.05, 0.1) is 6.04 Å². The Labute approximate surface area is 98.0 Å². The fourth-order valence-corrected chi connectivity index (χ4v) is 3.03. The number of hydrogen-bond donors (Lipinski definition) is 1. The summed E-state index contributed by atoms with van der Waals surface area (Å²) in [5.41, 5.74) is 0. The Balaban J connectivity index is 1.93. The number of nitrogens with one attached hydrogen (secondary N) is 1. The van der Waals surface area contributed by atoms with Gasteiger partial charge in [0.1, 0.15) is 0 Å². The van der Waals surface area contributed by atoms with E-state index in [2.05, 4.69) is 5.32 Å². The number of rotatable bonds is 4. The molecule has 0 bridgehead atoms. The Morgan fingerprint density at radius 2 is 2.06 bits per heavy atom. The Bertz CT molecular complexity index is 251.